The summed E-state index contributed by atoms with van der Waals surface area (Å²) in [6.45, 7) is 0. The Labute approximate surface area is 291 Å². The van der Waals surface area contributed by atoms with Crippen molar-refractivity contribution in [3.05, 3.63) is 164 Å². The zero-order valence-corrected chi connectivity index (χ0v) is 27.7. The Hall–Kier alpha value is -6.23. The molecule has 0 saturated carbocycles. The van der Waals surface area contributed by atoms with Gasteiger partial charge in [-0.15, -0.1) is 0 Å². The Morgan fingerprint density at radius 2 is 1.00 bits per heavy atom. The molecule has 3 aromatic heterocycles. The van der Waals surface area contributed by atoms with Gasteiger partial charge in [0.1, 0.15) is 5.65 Å². The smallest absolute Gasteiger partial charge is 0.131 e. The minimum atomic E-state index is 1.16. The van der Waals surface area contributed by atoms with Crippen LogP contribution in [-0.2, 0) is 0 Å². The second kappa shape index (κ2) is 9.69. The first-order valence-electron chi connectivity index (χ1n) is 17.1. The average molecular weight is 654 g/mol. The monoisotopic (exact) mass is 653 g/mol. The van der Waals surface area contributed by atoms with Gasteiger partial charge in [0.05, 0.1) is 27.8 Å². The largest absolute Gasteiger partial charge is 0.309 e. The molecule has 0 saturated heterocycles. The van der Waals surface area contributed by atoms with Crippen molar-refractivity contribution in [3.63, 3.8) is 0 Å². The first kappa shape index (κ1) is 26.7. The number of benzene rings is 8. The van der Waals surface area contributed by atoms with E-state index >= 15 is 0 Å². The zero-order chi connectivity index (χ0) is 32.5. The molecule has 0 atom stereocenters. The van der Waals surface area contributed by atoms with Crippen molar-refractivity contribution in [2.24, 2.45) is 0 Å². The number of para-hydroxylation sites is 3. The van der Waals surface area contributed by atoms with Gasteiger partial charge in [-0.3, -0.25) is 9.13 Å². The summed E-state index contributed by atoms with van der Waals surface area (Å²) < 4.78 is 7.49. The summed E-state index contributed by atoms with van der Waals surface area (Å²) in [6, 6.07) is 60.3. The molecule has 232 valence electrons. The number of aromatic nitrogens is 3. The summed E-state index contributed by atoms with van der Waals surface area (Å²) in [5.74, 6) is 0. The highest BCUT2D eigenvalue weighted by Gasteiger charge is 2.28. The van der Waals surface area contributed by atoms with Gasteiger partial charge in [-0.25, -0.2) is 0 Å². The van der Waals surface area contributed by atoms with Crippen LogP contribution in [-0.4, -0.2) is 13.7 Å². The van der Waals surface area contributed by atoms with Gasteiger partial charge in [-0.1, -0.05) is 121 Å². The van der Waals surface area contributed by atoms with E-state index in [1.165, 1.54) is 91.7 Å². The molecule has 0 spiro atoms. The highest BCUT2D eigenvalue weighted by atomic mass is 32.2. The minimum absolute atomic E-state index is 1.16. The van der Waals surface area contributed by atoms with Gasteiger partial charge in [0.2, 0.25) is 0 Å². The van der Waals surface area contributed by atoms with Gasteiger partial charge in [0, 0.05) is 48.1 Å². The van der Waals surface area contributed by atoms with E-state index in [2.05, 4.69) is 177 Å². The minimum Gasteiger partial charge on any atom is -0.309 e. The molecule has 0 unspecified atom stereocenters. The Morgan fingerprint density at radius 3 is 1.74 bits per heavy atom. The van der Waals surface area contributed by atoms with E-state index in [-0.39, 0.29) is 0 Å². The predicted octanol–water partition coefficient (Wildman–Crippen LogP) is 12.6. The normalized spacial score (nSPS) is 12.7. The second-order valence-electron chi connectivity index (χ2n) is 13.3. The Kier molecular flexibility index (Phi) is 5.17. The fourth-order valence-corrected chi connectivity index (χ4v) is 9.84. The molecule has 1 aliphatic heterocycles. The van der Waals surface area contributed by atoms with Crippen molar-refractivity contribution >= 4 is 88.0 Å². The molecule has 3 nitrogen and oxygen atoms in total. The van der Waals surface area contributed by atoms with Crippen molar-refractivity contribution in [2.45, 2.75) is 9.79 Å². The lowest BCUT2D eigenvalue weighted by molar-refractivity contribution is 1.02. The molecule has 0 bridgehead atoms. The molecule has 4 heterocycles. The van der Waals surface area contributed by atoms with E-state index in [4.69, 9.17) is 0 Å². The van der Waals surface area contributed by atoms with Gasteiger partial charge in [-0.05, 0) is 76.1 Å². The van der Waals surface area contributed by atoms with Crippen LogP contribution in [0, 0.1) is 0 Å². The summed E-state index contributed by atoms with van der Waals surface area (Å²) in [5, 5.41) is 11.6. The fraction of sp³-hybridized carbons (Fsp3) is 0. The first-order valence-corrected chi connectivity index (χ1v) is 17.9. The zero-order valence-electron chi connectivity index (χ0n) is 26.8. The molecule has 0 amide bonds. The van der Waals surface area contributed by atoms with E-state index in [1.807, 2.05) is 11.8 Å². The van der Waals surface area contributed by atoms with Gasteiger partial charge in [0.25, 0.3) is 0 Å². The highest BCUT2D eigenvalue weighted by molar-refractivity contribution is 7.99. The fourth-order valence-electron chi connectivity index (χ4n) is 8.77. The Bertz CT molecular complexity index is 3140. The lowest BCUT2D eigenvalue weighted by Crippen LogP contribution is -2.07. The van der Waals surface area contributed by atoms with Crippen LogP contribution in [0.2, 0.25) is 0 Å². The molecule has 0 aliphatic carbocycles. The van der Waals surface area contributed by atoms with Gasteiger partial charge >= 0.3 is 0 Å². The van der Waals surface area contributed by atoms with Crippen LogP contribution >= 0.6 is 11.8 Å². The van der Waals surface area contributed by atoms with Crippen molar-refractivity contribution in [1.29, 1.82) is 0 Å². The molecule has 50 heavy (non-hydrogen) atoms. The third kappa shape index (κ3) is 3.36. The quantitative estimate of drug-likeness (QED) is 0.181. The lowest BCUT2D eigenvalue weighted by Gasteiger charge is -2.22. The van der Waals surface area contributed by atoms with E-state index in [0.29, 0.717) is 0 Å². The molecule has 12 rings (SSSR count). The maximum Gasteiger partial charge on any atom is 0.131 e. The number of nitrogens with zero attached hydrogens (tertiary/aromatic N) is 3. The topological polar surface area (TPSA) is 14.8 Å². The maximum atomic E-state index is 2.54. The van der Waals surface area contributed by atoms with E-state index in [1.54, 1.807) is 0 Å². The third-order valence-corrected chi connectivity index (χ3v) is 11.9. The van der Waals surface area contributed by atoms with Crippen LogP contribution in [0.4, 0.5) is 0 Å². The van der Waals surface area contributed by atoms with Crippen LogP contribution < -0.4 is 0 Å². The number of fused-ring (bicyclic) bond motifs is 14. The molecule has 1 aliphatic rings. The van der Waals surface area contributed by atoms with Gasteiger partial charge in [-0.2, -0.15) is 0 Å². The predicted molar refractivity (Wildman–Crippen MR) is 211 cm³/mol. The molecule has 4 heteroatoms. The van der Waals surface area contributed by atoms with Crippen molar-refractivity contribution in [2.75, 3.05) is 0 Å². The molecule has 11 aromatic rings. The molecule has 0 fully saturated rings. The SMILES string of the molecule is c1ccc(-n2c3ccccc3c3c4cccc5c4n(c32)-c2cc(-n3c4ccc6ccccc6c4c4c6ccccc6ccc43)ccc2S5)cc1. The van der Waals surface area contributed by atoms with E-state index < -0.39 is 0 Å². The molecule has 0 N–H and O–H groups in total. The Balaban J connectivity index is 1.23. The van der Waals surface area contributed by atoms with Crippen LogP contribution in [0.1, 0.15) is 0 Å². The van der Waals surface area contributed by atoms with Gasteiger partial charge in [0.15, 0.2) is 0 Å². The standard InChI is InChI=1S/C46H27N3S/c1-2-13-30(14-3-1)48-36-19-9-8-17-34(36)42-35-18-10-20-41-45(35)49(46(42)48)39-27-31(23-26-40(39)50-41)47-37-24-21-28-11-4-6-15-32(28)43(37)44-33-16-7-5-12-29(33)22-25-38(44)47/h1-27H. The summed E-state index contributed by atoms with van der Waals surface area (Å²) in [7, 11) is 0. The summed E-state index contributed by atoms with van der Waals surface area (Å²) in [5.41, 5.74) is 9.68. The third-order valence-electron chi connectivity index (χ3n) is 10.8. The van der Waals surface area contributed by atoms with Crippen LogP contribution in [0.3, 0.4) is 0 Å². The van der Waals surface area contributed by atoms with Crippen LogP contribution in [0.25, 0.3) is 93.3 Å². The average Bonchev–Trinajstić information content (AvgIpc) is 3.82. The molecular weight excluding hydrogens is 627 g/mol. The summed E-state index contributed by atoms with van der Waals surface area (Å²) >= 11 is 1.88. The maximum absolute atomic E-state index is 2.54. The van der Waals surface area contributed by atoms with Crippen LogP contribution in [0.5, 0.6) is 0 Å². The van der Waals surface area contributed by atoms with Crippen molar-refractivity contribution in [1.82, 2.24) is 13.7 Å². The van der Waals surface area contributed by atoms with E-state index in [0.717, 1.165) is 11.4 Å². The highest BCUT2D eigenvalue weighted by Crippen LogP contribution is 2.50. The number of hydrogen-bond acceptors (Lipinski definition) is 1. The molecular formula is C46H27N3S. The number of hydrogen-bond donors (Lipinski definition) is 0. The first-order chi connectivity index (χ1) is 24.8. The Morgan fingerprint density at radius 1 is 0.360 bits per heavy atom. The second-order valence-corrected chi connectivity index (χ2v) is 14.4. The summed E-state index contributed by atoms with van der Waals surface area (Å²) in [6.07, 6.45) is 0. The summed E-state index contributed by atoms with van der Waals surface area (Å²) in [4.78, 5) is 2.55. The van der Waals surface area contributed by atoms with E-state index in [9.17, 15) is 0 Å². The lowest BCUT2D eigenvalue weighted by atomic mass is 10.00. The van der Waals surface area contributed by atoms with Crippen molar-refractivity contribution in [3.8, 4) is 17.1 Å². The van der Waals surface area contributed by atoms with Gasteiger partial charge < -0.3 is 4.57 Å². The van der Waals surface area contributed by atoms with Crippen LogP contribution in [0.15, 0.2) is 174 Å². The number of rotatable bonds is 2. The van der Waals surface area contributed by atoms with Crippen molar-refractivity contribution < 1.29 is 0 Å². The molecule has 0 radical (unpaired) electrons. The molecule has 8 aromatic carbocycles.